The van der Waals surface area contributed by atoms with Crippen LogP contribution in [0.4, 0.5) is 19.0 Å². The number of rotatable bonds is 3. The summed E-state index contributed by atoms with van der Waals surface area (Å²) in [6, 6.07) is 2.27. The lowest BCUT2D eigenvalue weighted by Crippen LogP contribution is -2.32. The summed E-state index contributed by atoms with van der Waals surface area (Å²) in [4.78, 5) is 5.31. The summed E-state index contributed by atoms with van der Waals surface area (Å²) in [6.45, 7) is 1.82. The molecule has 2 nitrogen and oxygen atoms in total. The predicted molar refractivity (Wildman–Crippen MR) is 60.9 cm³/mol. The summed E-state index contributed by atoms with van der Waals surface area (Å²) in [5.74, 6) is -0.0399. The molecule has 0 aromatic carbocycles. The van der Waals surface area contributed by atoms with E-state index in [1.165, 1.54) is 17.2 Å². The van der Waals surface area contributed by atoms with Gasteiger partial charge in [-0.15, -0.1) is 0 Å². The Morgan fingerprint density at radius 3 is 2.62 bits per heavy atom. The number of hydrogen-bond donors (Lipinski definition) is 0. The smallest absolute Gasteiger partial charge is 0.356 e. The van der Waals surface area contributed by atoms with Crippen LogP contribution < -0.4 is 4.90 Å². The van der Waals surface area contributed by atoms with Crippen molar-refractivity contribution >= 4 is 21.7 Å². The molecule has 0 spiro atoms. The molecular formula is C10H12BrF3N2. The molecule has 1 heterocycles. The fourth-order valence-electron chi connectivity index (χ4n) is 1.21. The van der Waals surface area contributed by atoms with E-state index in [2.05, 4.69) is 20.9 Å². The number of halogens is 4. The zero-order valence-corrected chi connectivity index (χ0v) is 10.5. The number of hydrogen-bond acceptors (Lipinski definition) is 2. The molecule has 0 radical (unpaired) electrons. The minimum Gasteiger partial charge on any atom is -0.356 e. The average Bonchev–Trinajstić information content (AvgIpc) is 2.26. The first-order valence-corrected chi connectivity index (χ1v) is 5.81. The van der Waals surface area contributed by atoms with Gasteiger partial charge in [-0.05, 0) is 19.1 Å². The van der Waals surface area contributed by atoms with Crippen molar-refractivity contribution in [3.05, 3.63) is 23.9 Å². The molecule has 0 amide bonds. The Morgan fingerprint density at radius 2 is 2.12 bits per heavy atom. The van der Waals surface area contributed by atoms with Crippen LogP contribution in [0.25, 0.3) is 0 Å². The third-order valence-electron chi connectivity index (χ3n) is 2.31. The van der Waals surface area contributed by atoms with Gasteiger partial charge in [-0.25, -0.2) is 4.98 Å². The second-order valence-corrected chi connectivity index (χ2v) is 4.13. The third kappa shape index (κ3) is 2.87. The first-order valence-electron chi connectivity index (χ1n) is 4.69. The van der Waals surface area contributed by atoms with Crippen molar-refractivity contribution in [1.82, 2.24) is 4.98 Å². The maximum Gasteiger partial charge on any atom is 0.419 e. The number of nitrogens with zero attached hydrogens (tertiary/aromatic N) is 2. The van der Waals surface area contributed by atoms with Gasteiger partial charge in [-0.3, -0.25) is 0 Å². The maximum absolute atomic E-state index is 12.7. The van der Waals surface area contributed by atoms with Gasteiger partial charge in [0.25, 0.3) is 0 Å². The van der Waals surface area contributed by atoms with Crippen molar-refractivity contribution < 1.29 is 13.2 Å². The summed E-state index contributed by atoms with van der Waals surface area (Å²) in [6.07, 6.45) is -3.01. The molecule has 1 aromatic rings. The Balaban J connectivity index is 3.13. The van der Waals surface area contributed by atoms with E-state index >= 15 is 0 Å². The topological polar surface area (TPSA) is 16.1 Å². The van der Waals surface area contributed by atoms with Crippen LogP contribution in [-0.2, 0) is 6.18 Å². The molecular weight excluding hydrogens is 285 g/mol. The van der Waals surface area contributed by atoms with Crippen LogP contribution in [0, 0.1) is 0 Å². The standard InChI is InChI=1S/C10H12BrF3N2/c1-7(6-11)16(2)9-8(10(12,13)14)4-3-5-15-9/h3-5,7H,6H2,1-2H3. The van der Waals surface area contributed by atoms with Gasteiger partial charge in [0.2, 0.25) is 0 Å². The van der Waals surface area contributed by atoms with E-state index < -0.39 is 11.7 Å². The van der Waals surface area contributed by atoms with Gasteiger partial charge in [0.05, 0.1) is 5.56 Å². The Kier molecular flexibility index (Phi) is 4.18. The monoisotopic (exact) mass is 296 g/mol. The first kappa shape index (κ1) is 13.3. The number of aromatic nitrogens is 1. The highest BCUT2D eigenvalue weighted by molar-refractivity contribution is 9.09. The highest BCUT2D eigenvalue weighted by Crippen LogP contribution is 2.35. The fourth-order valence-corrected chi connectivity index (χ4v) is 1.65. The summed E-state index contributed by atoms with van der Waals surface area (Å²) in [7, 11) is 1.60. The lowest BCUT2D eigenvalue weighted by molar-refractivity contribution is -0.137. The molecule has 0 N–H and O–H groups in total. The molecule has 0 saturated heterocycles. The Bertz CT molecular complexity index is 354. The van der Waals surface area contributed by atoms with Gasteiger partial charge in [0, 0.05) is 24.6 Å². The minimum atomic E-state index is -4.37. The Hall–Kier alpha value is -0.780. The maximum atomic E-state index is 12.7. The number of anilines is 1. The first-order chi connectivity index (χ1) is 7.38. The van der Waals surface area contributed by atoms with Crippen molar-refractivity contribution in [3.8, 4) is 0 Å². The van der Waals surface area contributed by atoms with Crippen molar-refractivity contribution in [1.29, 1.82) is 0 Å². The number of alkyl halides is 4. The lowest BCUT2D eigenvalue weighted by Gasteiger charge is -2.26. The quantitative estimate of drug-likeness (QED) is 0.796. The molecule has 1 rings (SSSR count). The average molecular weight is 297 g/mol. The van der Waals surface area contributed by atoms with Gasteiger partial charge in [-0.1, -0.05) is 15.9 Å². The summed E-state index contributed by atoms with van der Waals surface area (Å²) in [5, 5.41) is 0.581. The van der Waals surface area contributed by atoms with Crippen molar-refractivity contribution in [2.75, 3.05) is 17.3 Å². The van der Waals surface area contributed by atoms with Gasteiger partial charge < -0.3 is 4.90 Å². The minimum absolute atomic E-state index is 0.0399. The van der Waals surface area contributed by atoms with Crippen LogP contribution in [0.5, 0.6) is 0 Å². The van der Waals surface area contributed by atoms with Crippen LogP contribution in [0.2, 0.25) is 0 Å². The molecule has 1 atom stereocenters. The molecule has 0 bridgehead atoms. The van der Waals surface area contributed by atoms with Crippen LogP contribution >= 0.6 is 15.9 Å². The van der Waals surface area contributed by atoms with E-state index in [9.17, 15) is 13.2 Å². The highest BCUT2D eigenvalue weighted by Gasteiger charge is 2.35. The van der Waals surface area contributed by atoms with Crippen LogP contribution in [0.1, 0.15) is 12.5 Å². The Labute approximate surface area is 101 Å². The molecule has 90 valence electrons. The van der Waals surface area contributed by atoms with Gasteiger partial charge >= 0.3 is 6.18 Å². The van der Waals surface area contributed by atoms with Crippen LogP contribution in [0.15, 0.2) is 18.3 Å². The molecule has 0 aliphatic rings. The predicted octanol–water partition coefficient (Wildman–Crippen LogP) is 3.32. The second-order valence-electron chi connectivity index (χ2n) is 3.49. The van der Waals surface area contributed by atoms with Crippen molar-refractivity contribution in [2.45, 2.75) is 19.1 Å². The molecule has 6 heteroatoms. The SMILES string of the molecule is CC(CBr)N(C)c1ncccc1C(F)(F)F. The normalized spacial score (nSPS) is 13.6. The third-order valence-corrected chi connectivity index (χ3v) is 3.25. The van der Waals surface area contributed by atoms with E-state index in [1.807, 2.05) is 6.92 Å². The highest BCUT2D eigenvalue weighted by atomic mass is 79.9. The lowest BCUT2D eigenvalue weighted by atomic mass is 10.2. The molecule has 1 unspecified atom stereocenters. The van der Waals surface area contributed by atoms with Gasteiger partial charge in [0.15, 0.2) is 0 Å². The van der Waals surface area contributed by atoms with E-state index in [-0.39, 0.29) is 11.9 Å². The summed E-state index contributed by atoms with van der Waals surface area (Å²) < 4.78 is 38.1. The molecule has 0 saturated carbocycles. The zero-order valence-electron chi connectivity index (χ0n) is 8.92. The molecule has 16 heavy (non-hydrogen) atoms. The molecule has 0 aliphatic carbocycles. The molecule has 0 aliphatic heterocycles. The van der Waals surface area contributed by atoms with Crippen LogP contribution in [0.3, 0.4) is 0 Å². The zero-order chi connectivity index (χ0) is 12.3. The van der Waals surface area contributed by atoms with E-state index in [4.69, 9.17) is 0 Å². The van der Waals surface area contributed by atoms with E-state index in [0.29, 0.717) is 5.33 Å². The van der Waals surface area contributed by atoms with Crippen LogP contribution in [-0.4, -0.2) is 23.4 Å². The second kappa shape index (κ2) is 5.03. The van der Waals surface area contributed by atoms with E-state index in [0.717, 1.165) is 6.07 Å². The molecule has 1 aromatic heterocycles. The summed E-state index contributed by atoms with van der Waals surface area (Å²) >= 11 is 3.24. The summed E-state index contributed by atoms with van der Waals surface area (Å²) in [5.41, 5.74) is -0.703. The van der Waals surface area contributed by atoms with Gasteiger partial charge in [0.1, 0.15) is 5.82 Å². The molecule has 0 fully saturated rings. The Morgan fingerprint density at radius 1 is 1.50 bits per heavy atom. The number of pyridine rings is 1. The van der Waals surface area contributed by atoms with E-state index in [1.54, 1.807) is 7.05 Å². The van der Waals surface area contributed by atoms with Gasteiger partial charge in [-0.2, -0.15) is 13.2 Å². The fraction of sp³-hybridized carbons (Fsp3) is 0.500. The van der Waals surface area contributed by atoms with Crippen molar-refractivity contribution in [2.24, 2.45) is 0 Å². The largest absolute Gasteiger partial charge is 0.419 e. The van der Waals surface area contributed by atoms with Crippen molar-refractivity contribution in [3.63, 3.8) is 0 Å².